The molecule has 2 saturated heterocycles. The molecule has 1 aromatic heterocycles. The standard InChI is InChI=1S/C20H25BrClNO11/c21-6-1-2-7-11(12(6)22)8(3-23-7)31-19-17(30)15(28)18(10(5-25)33-19)34-20-16(29)14(27)13(26)9(4-24)32-20/h1-3,9-10,13-20,23-30H,4-5H2/t9?,10?,13-,14-,15+,16?,17?,18-,19-,20+/m1/s1. The fourth-order valence-corrected chi connectivity index (χ4v) is 4.59. The van der Waals surface area contributed by atoms with Crippen LogP contribution in [0.4, 0.5) is 0 Å². The van der Waals surface area contributed by atoms with Gasteiger partial charge in [-0.15, -0.1) is 0 Å². The van der Waals surface area contributed by atoms with E-state index in [9.17, 15) is 35.7 Å². The summed E-state index contributed by atoms with van der Waals surface area (Å²) in [5, 5.41) is 71.5. The van der Waals surface area contributed by atoms with Crippen LogP contribution in [0.3, 0.4) is 0 Å². The number of fused-ring (bicyclic) bond motifs is 1. The van der Waals surface area contributed by atoms with Gasteiger partial charge in [-0.3, -0.25) is 0 Å². The van der Waals surface area contributed by atoms with Gasteiger partial charge in [-0.1, -0.05) is 11.6 Å². The maximum absolute atomic E-state index is 10.7. The van der Waals surface area contributed by atoms with Crippen molar-refractivity contribution >= 4 is 38.4 Å². The topological polar surface area (TPSA) is 194 Å². The first-order valence-electron chi connectivity index (χ1n) is 10.4. The predicted octanol–water partition coefficient (Wildman–Crippen LogP) is -1.41. The van der Waals surface area contributed by atoms with Crippen LogP contribution in [0.2, 0.25) is 5.02 Å². The highest BCUT2D eigenvalue weighted by Crippen LogP contribution is 2.38. The van der Waals surface area contributed by atoms with Gasteiger partial charge in [0.1, 0.15) is 54.6 Å². The molecule has 12 nitrogen and oxygen atoms in total. The average Bonchev–Trinajstić information content (AvgIpc) is 3.24. The molecule has 14 heteroatoms. The quantitative estimate of drug-likeness (QED) is 0.203. The molecule has 0 saturated carbocycles. The van der Waals surface area contributed by atoms with E-state index in [2.05, 4.69) is 20.9 Å². The number of rotatable bonds is 6. The molecule has 4 rings (SSSR count). The Hall–Kier alpha value is -1.07. The number of H-pyrrole nitrogens is 1. The van der Waals surface area contributed by atoms with Gasteiger partial charge < -0.3 is 59.7 Å². The number of ether oxygens (including phenoxy) is 4. The monoisotopic (exact) mass is 569 g/mol. The number of benzene rings is 1. The molecular weight excluding hydrogens is 546 g/mol. The maximum atomic E-state index is 10.7. The molecule has 2 fully saturated rings. The molecule has 2 aliphatic rings. The summed E-state index contributed by atoms with van der Waals surface area (Å²) < 4.78 is 22.8. The summed E-state index contributed by atoms with van der Waals surface area (Å²) in [7, 11) is 0. The minimum Gasteiger partial charge on any atom is -0.460 e. The van der Waals surface area contributed by atoms with Crippen molar-refractivity contribution < 1.29 is 54.7 Å². The van der Waals surface area contributed by atoms with Gasteiger partial charge in [-0.05, 0) is 28.1 Å². The van der Waals surface area contributed by atoms with E-state index in [1.54, 1.807) is 12.1 Å². The molecule has 4 unspecified atom stereocenters. The van der Waals surface area contributed by atoms with Crippen molar-refractivity contribution in [2.45, 2.75) is 61.4 Å². The number of hydrogen-bond donors (Lipinski definition) is 8. The van der Waals surface area contributed by atoms with E-state index in [0.29, 0.717) is 20.4 Å². The molecule has 10 atom stereocenters. The van der Waals surface area contributed by atoms with Crippen LogP contribution < -0.4 is 4.74 Å². The zero-order chi connectivity index (χ0) is 24.7. The molecular formula is C20H25BrClNO11. The van der Waals surface area contributed by atoms with Crippen molar-refractivity contribution in [2.24, 2.45) is 0 Å². The van der Waals surface area contributed by atoms with Crippen LogP contribution in [-0.4, -0.2) is 115 Å². The third-order valence-electron chi connectivity index (χ3n) is 5.90. The summed E-state index contributed by atoms with van der Waals surface area (Å²) >= 11 is 9.68. The van der Waals surface area contributed by atoms with Gasteiger partial charge in [0, 0.05) is 10.7 Å². The minimum absolute atomic E-state index is 0.225. The van der Waals surface area contributed by atoms with E-state index in [1.807, 2.05) is 0 Å². The van der Waals surface area contributed by atoms with Crippen LogP contribution >= 0.6 is 27.5 Å². The summed E-state index contributed by atoms with van der Waals surface area (Å²) in [5.41, 5.74) is 0.650. The summed E-state index contributed by atoms with van der Waals surface area (Å²) in [5.74, 6) is 0.225. The second kappa shape index (κ2) is 10.5. The predicted molar refractivity (Wildman–Crippen MR) is 118 cm³/mol. The Morgan fingerprint density at radius 2 is 1.53 bits per heavy atom. The first-order chi connectivity index (χ1) is 16.2. The van der Waals surface area contributed by atoms with Crippen LogP contribution in [0.1, 0.15) is 0 Å². The normalized spacial score (nSPS) is 38.9. The van der Waals surface area contributed by atoms with Gasteiger partial charge in [0.15, 0.2) is 6.29 Å². The van der Waals surface area contributed by atoms with Crippen molar-refractivity contribution in [2.75, 3.05) is 13.2 Å². The molecule has 1 aromatic carbocycles. The number of aliphatic hydroxyl groups excluding tert-OH is 7. The lowest BCUT2D eigenvalue weighted by Crippen LogP contribution is -2.65. The highest BCUT2D eigenvalue weighted by Gasteiger charge is 2.51. The summed E-state index contributed by atoms with van der Waals surface area (Å²) in [6.45, 7) is -1.36. The molecule has 0 spiro atoms. The second-order valence-corrected chi connectivity index (χ2v) is 9.29. The van der Waals surface area contributed by atoms with E-state index in [1.165, 1.54) is 6.20 Å². The first-order valence-corrected chi connectivity index (χ1v) is 11.5. The van der Waals surface area contributed by atoms with Gasteiger partial charge in [0.25, 0.3) is 0 Å². The van der Waals surface area contributed by atoms with Crippen LogP contribution in [0, 0.1) is 0 Å². The third-order valence-corrected chi connectivity index (χ3v) is 7.19. The zero-order valence-electron chi connectivity index (χ0n) is 17.4. The Morgan fingerprint density at radius 3 is 2.21 bits per heavy atom. The number of halogens is 2. The van der Waals surface area contributed by atoms with Crippen molar-refractivity contribution in [1.82, 2.24) is 4.98 Å². The third kappa shape index (κ3) is 4.68. The van der Waals surface area contributed by atoms with Gasteiger partial charge in [0.05, 0.1) is 29.1 Å². The Morgan fingerprint density at radius 1 is 0.882 bits per heavy atom. The molecule has 0 amide bonds. The van der Waals surface area contributed by atoms with Crippen molar-refractivity contribution in [1.29, 1.82) is 0 Å². The number of aliphatic hydroxyl groups is 7. The van der Waals surface area contributed by atoms with E-state index in [-0.39, 0.29) is 5.75 Å². The molecule has 3 heterocycles. The van der Waals surface area contributed by atoms with Crippen molar-refractivity contribution in [3.05, 3.63) is 27.8 Å². The molecule has 2 aromatic rings. The Bertz CT molecular complexity index is 991. The number of hydrogen-bond acceptors (Lipinski definition) is 11. The molecule has 0 aliphatic carbocycles. The lowest BCUT2D eigenvalue weighted by Gasteiger charge is -2.45. The SMILES string of the molecule is OCC1O[C@@H](O[C@@H]2C(CO)O[C@@H](Oc3c[nH]c4ccc(Br)c(Cl)c34)C(O)[C@@H]2O)C(O)[C@H](O)[C@@H]1O. The highest BCUT2D eigenvalue weighted by molar-refractivity contribution is 9.10. The Balaban J connectivity index is 1.52. The van der Waals surface area contributed by atoms with Gasteiger partial charge >= 0.3 is 0 Å². The summed E-state index contributed by atoms with van der Waals surface area (Å²) in [6, 6.07) is 3.50. The average molecular weight is 571 g/mol. The molecule has 8 N–H and O–H groups in total. The fraction of sp³-hybridized carbons (Fsp3) is 0.600. The molecule has 0 bridgehead atoms. The lowest BCUT2D eigenvalue weighted by molar-refractivity contribution is -0.352. The lowest BCUT2D eigenvalue weighted by atomic mass is 9.97. The second-order valence-electron chi connectivity index (χ2n) is 8.06. The molecule has 190 valence electrons. The Labute approximate surface area is 206 Å². The van der Waals surface area contributed by atoms with Crippen molar-refractivity contribution in [3.63, 3.8) is 0 Å². The van der Waals surface area contributed by atoms with Crippen LogP contribution in [0.25, 0.3) is 10.9 Å². The van der Waals surface area contributed by atoms with Crippen LogP contribution in [0.15, 0.2) is 22.8 Å². The smallest absolute Gasteiger partial charge is 0.229 e. The fourth-order valence-electron chi connectivity index (χ4n) is 4.00. The van der Waals surface area contributed by atoms with E-state index < -0.39 is 74.6 Å². The highest BCUT2D eigenvalue weighted by atomic mass is 79.9. The summed E-state index contributed by atoms with van der Waals surface area (Å²) in [4.78, 5) is 2.97. The molecule has 34 heavy (non-hydrogen) atoms. The summed E-state index contributed by atoms with van der Waals surface area (Å²) in [6.07, 6.45) is -13.9. The molecule has 0 radical (unpaired) electrons. The van der Waals surface area contributed by atoms with Gasteiger partial charge in [-0.2, -0.15) is 0 Å². The first kappa shape index (κ1) is 26.0. The number of aromatic nitrogens is 1. The van der Waals surface area contributed by atoms with Gasteiger partial charge in [-0.25, -0.2) is 0 Å². The maximum Gasteiger partial charge on any atom is 0.229 e. The number of nitrogens with one attached hydrogen (secondary N) is 1. The minimum atomic E-state index is -1.75. The Kier molecular flexibility index (Phi) is 8.03. The van der Waals surface area contributed by atoms with E-state index >= 15 is 0 Å². The largest absolute Gasteiger partial charge is 0.460 e. The zero-order valence-corrected chi connectivity index (χ0v) is 19.8. The van der Waals surface area contributed by atoms with Crippen LogP contribution in [0.5, 0.6) is 5.75 Å². The molecule has 2 aliphatic heterocycles. The van der Waals surface area contributed by atoms with Crippen molar-refractivity contribution in [3.8, 4) is 5.75 Å². The number of aromatic amines is 1. The van der Waals surface area contributed by atoms with Crippen LogP contribution in [-0.2, 0) is 14.2 Å². The van der Waals surface area contributed by atoms with Gasteiger partial charge in [0.2, 0.25) is 6.29 Å². The van der Waals surface area contributed by atoms with E-state index in [0.717, 1.165) is 0 Å². The van der Waals surface area contributed by atoms with E-state index in [4.69, 9.17) is 30.5 Å².